The summed E-state index contributed by atoms with van der Waals surface area (Å²) < 4.78 is 10.9. The van der Waals surface area contributed by atoms with E-state index in [0.29, 0.717) is 5.41 Å². The van der Waals surface area contributed by atoms with Gasteiger partial charge in [-0.15, -0.1) is 0 Å². The van der Waals surface area contributed by atoms with Crippen LogP contribution in [0.5, 0.6) is 0 Å². The van der Waals surface area contributed by atoms with Crippen LogP contribution in [0.1, 0.15) is 33.1 Å². The second-order valence-electron chi connectivity index (χ2n) is 5.91. The van der Waals surface area contributed by atoms with Crippen molar-refractivity contribution in [2.24, 2.45) is 17.1 Å². The Morgan fingerprint density at radius 3 is 2.20 bits per heavy atom. The van der Waals surface area contributed by atoms with Crippen molar-refractivity contribution in [3.8, 4) is 0 Å². The molecule has 2 fully saturated rings. The summed E-state index contributed by atoms with van der Waals surface area (Å²) in [7, 11) is 0. The van der Waals surface area contributed by atoms with Gasteiger partial charge in [0.05, 0.1) is 13.2 Å². The van der Waals surface area contributed by atoms with Crippen LogP contribution in [0.4, 0.5) is 0 Å². The van der Waals surface area contributed by atoms with Gasteiger partial charge in [0, 0.05) is 24.2 Å². The molecule has 2 aliphatic rings. The van der Waals surface area contributed by atoms with Gasteiger partial charge in [-0.05, 0) is 39.0 Å². The van der Waals surface area contributed by atoms with E-state index >= 15 is 0 Å². The molecule has 2 aliphatic heterocycles. The van der Waals surface area contributed by atoms with Gasteiger partial charge in [0.25, 0.3) is 0 Å². The van der Waals surface area contributed by atoms with Crippen molar-refractivity contribution in [1.29, 1.82) is 0 Å². The molecule has 0 aromatic carbocycles. The molecule has 15 heavy (non-hydrogen) atoms. The molecule has 2 rings (SSSR count). The van der Waals surface area contributed by atoms with Crippen molar-refractivity contribution in [3.63, 3.8) is 0 Å². The topological polar surface area (TPSA) is 44.5 Å². The SMILES string of the molecule is CC(C)(N)CC1(C2CCOCC2)COC1. The second kappa shape index (κ2) is 4.04. The first-order valence-electron chi connectivity index (χ1n) is 5.96. The summed E-state index contributed by atoms with van der Waals surface area (Å²) >= 11 is 0. The minimum absolute atomic E-state index is 0.0813. The van der Waals surface area contributed by atoms with Crippen molar-refractivity contribution in [3.05, 3.63) is 0 Å². The van der Waals surface area contributed by atoms with Crippen molar-refractivity contribution in [2.75, 3.05) is 26.4 Å². The van der Waals surface area contributed by atoms with E-state index in [1.165, 1.54) is 12.8 Å². The standard InChI is InChI=1S/C12H23NO2/c1-11(2,13)7-12(8-15-9-12)10-3-5-14-6-4-10/h10H,3-9,13H2,1-2H3. The number of rotatable bonds is 3. The van der Waals surface area contributed by atoms with E-state index in [1.807, 2.05) is 0 Å². The van der Waals surface area contributed by atoms with E-state index in [-0.39, 0.29) is 5.54 Å². The third kappa shape index (κ3) is 2.52. The Hall–Kier alpha value is -0.120. The Balaban J connectivity index is 2.00. The summed E-state index contributed by atoms with van der Waals surface area (Å²) in [6, 6.07) is 0. The third-order valence-corrected chi connectivity index (χ3v) is 3.67. The summed E-state index contributed by atoms with van der Waals surface area (Å²) in [5.41, 5.74) is 6.42. The average molecular weight is 213 g/mol. The fourth-order valence-corrected chi connectivity index (χ4v) is 3.06. The molecule has 2 heterocycles. The maximum Gasteiger partial charge on any atom is 0.0548 e. The number of nitrogens with two attached hydrogens (primary N) is 1. The molecule has 0 bridgehead atoms. The highest BCUT2D eigenvalue weighted by Crippen LogP contribution is 2.46. The van der Waals surface area contributed by atoms with Gasteiger partial charge in [-0.1, -0.05) is 0 Å². The van der Waals surface area contributed by atoms with Crippen LogP contribution in [0, 0.1) is 11.3 Å². The lowest BCUT2D eigenvalue weighted by molar-refractivity contribution is -0.173. The van der Waals surface area contributed by atoms with Crippen LogP contribution in [0.2, 0.25) is 0 Å². The van der Waals surface area contributed by atoms with Gasteiger partial charge in [0.1, 0.15) is 0 Å². The Kier molecular flexibility index (Phi) is 3.06. The molecule has 3 heteroatoms. The Morgan fingerprint density at radius 1 is 1.20 bits per heavy atom. The van der Waals surface area contributed by atoms with E-state index in [9.17, 15) is 0 Å². The summed E-state index contributed by atoms with van der Waals surface area (Å²) in [4.78, 5) is 0. The van der Waals surface area contributed by atoms with Gasteiger partial charge in [-0.2, -0.15) is 0 Å². The first-order valence-corrected chi connectivity index (χ1v) is 5.96. The molecule has 0 radical (unpaired) electrons. The van der Waals surface area contributed by atoms with Gasteiger partial charge >= 0.3 is 0 Å². The number of hydrogen-bond acceptors (Lipinski definition) is 3. The highest BCUT2D eigenvalue weighted by molar-refractivity contribution is 4.97. The maximum absolute atomic E-state index is 6.15. The molecule has 0 amide bonds. The fourth-order valence-electron chi connectivity index (χ4n) is 3.06. The van der Waals surface area contributed by atoms with Gasteiger partial charge in [0.15, 0.2) is 0 Å². The van der Waals surface area contributed by atoms with E-state index in [2.05, 4.69) is 13.8 Å². The molecular weight excluding hydrogens is 190 g/mol. The second-order valence-corrected chi connectivity index (χ2v) is 5.91. The molecule has 0 aromatic heterocycles. The van der Waals surface area contributed by atoms with Crippen LogP contribution >= 0.6 is 0 Å². The van der Waals surface area contributed by atoms with Crippen LogP contribution < -0.4 is 5.73 Å². The predicted molar refractivity (Wildman–Crippen MR) is 59.7 cm³/mol. The fraction of sp³-hybridized carbons (Fsp3) is 1.00. The molecule has 0 atom stereocenters. The molecule has 0 unspecified atom stereocenters. The number of hydrogen-bond donors (Lipinski definition) is 1. The Morgan fingerprint density at radius 2 is 1.80 bits per heavy atom. The summed E-state index contributed by atoms with van der Waals surface area (Å²) in [5.74, 6) is 0.753. The lowest BCUT2D eigenvalue weighted by Crippen LogP contribution is -2.55. The minimum atomic E-state index is -0.0813. The van der Waals surface area contributed by atoms with Gasteiger partial charge in [-0.25, -0.2) is 0 Å². The monoisotopic (exact) mass is 213 g/mol. The molecule has 0 aromatic rings. The normalized spacial score (nSPS) is 27.4. The van der Waals surface area contributed by atoms with E-state index in [0.717, 1.165) is 38.8 Å². The minimum Gasteiger partial charge on any atom is -0.381 e. The summed E-state index contributed by atoms with van der Waals surface area (Å²) in [6.45, 7) is 7.87. The average Bonchev–Trinajstić information content (AvgIpc) is 2.11. The molecule has 2 N–H and O–H groups in total. The summed E-state index contributed by atoms with van der Waals surface area (Å²) in [5, 5.41) is 0. The number of ether oxygens (including phenoxy) is 2. The van der Waals surface area contributed by atoms with E-state index < -0.39 is 0 Å². The summed E-state index contributed by atoms with van der Waals surface area (Å²) in [6.07, 6.45) is 3.43. The zero-order valence-corrected chi connectivity index (χ0v) is 9.92. The zero-order valence-electron chi connectivity index (χ0n) is 9.92. The molecule has 0 saturated carbocycles. The molecule has 0 aliphatic carbocycles. The van der Waals surface area contributed by atoms with E-state index in [1.54, 1.807) is 0 Å². The smallest absolute Gasteiger partial charge is 0.0548 e. The Bertz CT molecular complexity index is 212. The van der Waals surface area contributed by atoms with Gasteiger partial charge < -0.3 is 15.2 Å². The first kappa shape index (κ1) is 11.4. The lowest BCUT2D eigenvalue weighted by atomic mass is 9.64. The quantitative estimate of drug-likeness (QED) is 0.773. The molecule has 88 valence electrons. The highest BCUT2D eigenvalue weighted by atomic mass is 16.5. The first-order chi connectivity index (χ1) is 7.02. The van der Waals surface area contributed by atoms with Crippen LogP contribution in [-0.4, -0.2) is 32.0 Å². The zero-order chi connectivity index (χ0) is 10.9. The van der Waals surface area contributed by atoms with Crippen LogP contribution in [0.3, 0.4) is 0 Å². The third-order valence-electron chi connectivity index (χ3n) is 3.67. The molecular formula is C12H23NO2. The molecule has 3 nitrogen and oxygen atoms in total. The van der Waals surface area contributed by atoms with Crippen molar-refractivity contribution in [2.45, 2.75) is 38.6 Å². The van der Waals surface area contributed by atoms with Gasteiger partial charge in [-0.3, -0.25) is 0 Å². The van der Waals surface area contributed by atoms with Crippen molar-refractivity contribution in [1.82, 2.24) is 0 Å². The van der Waals surface area contributed by atoms with Crippen LogP contribution in [0.15, 0.2) is 0 Å². The maximum atomic E-state index is 6.15. The van der Waals surface area contributed by atoms with Crippen molar-refractivity contribution < 1.29 is 9.47 Å². The largest absolute Gasteiger partial charge is 0.381 e. The van der Waals surface area contributed by atoms with Crippen LogP contribution in [0.25, 0.3) is 0 Å². The highest BCUT2D eigenvalue weighted by Gasteiger charge is 2.47. The molecule has 0 spiro atoms. The lowest BCUT2D eigenvalue weighted by Gasteiger charge is -2.51. The van der Waals surface area contributed by atoms with E-state index in [4.69, 9.17) is 15.2 Å². The molecule has 2 saturated heterocycles. The predicted octanol–water partition coefficient (Wildman–Crippen LogP) is 1.56. The Labute approximate surface area is 92.3 Å². The van der Waals surface area contributed by atoms with Crippen LogP contribution in [-0.2, 0) is 9.47 Å². The van der Waals surface area contributed by atoms with Gasteiger partial charge in [0.2, 0.25) is 0 Å². The van der Waals surface area contributed by atoms with Crippen molar-refractivity contribution >= 4 is 0 Å².